The van der Waals surface area contributed by atoms with Gasteiger partial charge in [-0.1, -0.05) is 0 Å². The third kappa shape index (κ3) is 4.74. The first-order valence-corrected chi connectivity index (χ1v) is 13.1. The first kappa shape index (κ1) is 24.7. The van der Waals surface area contributed by atoms with Crippen molar-refractivity contribution in [3.63, 3.8) is 0 Å². The number of nitrogens with one attached hydrogen (secondary N) is 1. The molecule has 0 atom stereocenters. The highest BCUT2D eigenvalue weighted by Crippen LogP contribution is 2.34. The number of ether oxygens (including phenoxy) is 1. The van der Waals surface area contributed by atoms with E-state index in [1.807, 2.05) is 6.92 Å². The zero-order chi connectivity index (χ0) is 26.1. The van der Waals surface area contributed by atoms with Crippen LogP contribution in [0.3, 0.4) is 0 Å². The Bertz CT molecular complexity index is 1610. The molecule has 1 amide bonds. The Morgan fingerprint density at radius 2 is 1.70 bits per heavy atom. The van der Waals surface area contributed by atoms with Gasteiger partial charge in [-0.15, -0.1) is 11.3 Å². The zero-order valence-electron chi connectivity index (χ0n) is 20.7. The summed E-state index contributed by atoms with van der Waals surface area (Å²) in [4.78, 5) is 53.7. The van der Waals surface area contributed by atoms with Crippen LogP contribution in [0.15, 0.2) is 58.1 Å². The van der Waals surface area contributed by atoms with Crippen molar-refractivity contribution in [2.24, 2.45) is 0 Å². The van der Waals surface area contributed by atoms with Crippen molar-refractivity contribution in [3.8, 4) is 11.4 Å². The second kappa shape index (κ2) is 10.2. The SMILES string of the molecule is CCOc1ccc(-n2c(=O)c3c4c(sc3n(CC(=O)Nc3ccc(C(C)=O)cc3)c2=O)CCCC4)cc1. The molecule has 2 aromatic carbocycles. The molecular formula is C28H27N3O5S. The van der Waals surface area contributed by atoms with Crippen LogP contribution in [-0.4, -0.2) is 27.4 Å². The van der Waals surface area contributed by atoms with Gasteiger partial charge in [-0.3, -0.25) is 19.0 Å². The Balaban J connectivity index is 1.59. The Hall–Kier alpha value is -3.98. The fourth-order valence-electron chi connectivity index (χ4n) is 4.73. The largest absolute Gasteiger partial charge is 0.494 e. The maximum atomic E-state index is 13.7. The lowest BCUT2D eigenvalue weighted by molar-refractivity contribution is -0.116. The Morgan fingerprint density at radius 1 is 1.00 bits per heavy atom. The molecule has 0 fully saturated rings. The molecule has 5 rings (SSSR count). The van der Waals surface area contributed by atoms with Crippen LogP contribution in [0.4, 0.5) is 5.69 Å². The zero-order valence-corrected chi connectivity index (χ0v) is 21.5. The van der Waals surface area contributed by atoms with Crippen LogP contribution in [-0.2, 0) is 24.2 Å². The summed E-state index contributed by atoms with van der Waals surface area (Å²) >= 11 is 1.43. The number of aryl methyl sites for hydroxylation is 2. The van der Waals surface area contributed by atoms with Gasteiger partial charge in [-0.25, -0.2) is 9.36 Å². The molecule has 0 aliphatic heterocycles. The molecule has 2 aromatic heterocycles. The quantitative estimate of drug-likeness (QED) is 0.368. The van der Waals surface area contributed by atoms with Crippen molar-refractivity contribution in [1.82, 2.24) is 9.13 Å². The number of amides is 1. The van der Waals surface area contributed by atoms with Crippen LogP contribution in [0.1, 0.15) is 47.5 Å². The number of rotatable bonds is 7. The van der Waals surface area contributed by atoms with Crippen LogP contribution >= 0.6 is 11.3 Å². The summed E-state index contributed by atoms with van der Waals surface area (Å²) < 4.78 is 8.05. The summed E-state index contributed by atoms with van der Waals surface area (Å²) in [6, 6.07) is 13.4. The minimum Gasteiger partial charge on any atom is -0.494 e. The van der Waals surface area contributed by atoms with E-state index in [9.17, 15) is 19.2 Å². The molecule has 0 saturated heterocycles. The van der Waals surface area contributed by atoms with E-state index in [-0.39, 0.29) is 17.9 Å². The van der Waals surface area contributed by atoms with Gasteiger partial charge in [0.05, 0.1) is 17.7 Å². The summed E-state index contributed by atoms with van der Waals surface area (Å²) in [5, 5.41) is 3.32. The Labute approximate surface area is 217 Å². The number of ketones is 1. The number of anilines is 1. The van der Waals surface area contributed by atoms with E-state index in [0.29, 0.717) is 39.5 Å². The van der Waals surface area contributed by atoms with Gasteiger partial charge >= 0.3 is 5.69 Å². The number of aromatic nitrogens is 2. The van der Waals surface area contributed by atoms with Gasteiger partial charge in [-0.2, -0.15) is 0 Å². The highest BCUT2D eigenvalue weighted by Gasteiger charge is 2.25. The van der Waals surface area contributed by atoms with E-state index in [1.54, 1.807) is 48.5 Å². The fourth-order valence-corrected chi connectivity index (χ4v) is 6.10. The van der Waals surface area contributed by atoms with Crippen LogP contribution in [0, 0.1) is 0 Å². The minimum atomic E-state index is -0.567. The molecule has 4 aromatic rings. The molecule has 0 spiro atoms. The fraction of sp³-hybridized carbons (Fsp3) is 0.286. The predicted octanol–water partition coefficient (Wildman–Crippen LogP) is 4.33. The van der Waals surface area contributed by atoms with Crippen molar-refractivity contribution < 1.29 is 14.3 Å². The highest BCUT2D eigenvalue weighted by molar-refractivity contribution is 7.18. The van der Waals surface area contributed by atoms with Crippen molar-refractivity contribution in [2.45, 2.75) is 46.1 Å². The molecule has 1 aliphatic rings. The number of hydrogen-bond acceptors (Lipinski definition) is 6. The third-order valence-corrected chi connectivity index (χ3v) is 7.83. The van der Waals surface area contributed by atoms with Crippen LogP contribution in [0.5, 0.6) is 5.75 Å². The number of benzene rings is 2. The molecule has 0 unspecified atom stereocenters. The predicted molar refractivity (Wildman–Crippen MR) is 145 cm³/mol. The molecule has 1 N–H and O–H groups in total. The number of carbonyl (C=O) groups excluding carboxylic acids is 2. The van der Waals surface area contributed by atoms with E-state index in [2.05, 4.69) is 5.32 Å². The van der Waals surface area contributed by atoms with Gasteiger partial charge in [0.15, 0.2) is 5.78 Å². The number of nitrogens with zero attached hydrogens (tertiary/aromatic N) is 2. The molecular weight excluding hydrogens is 490 g/mol. The molecule has 1 aliphatic carbocycles. The molecule has 2 heterocycles. The highest BCUT2D eigenvalue weighted by atomic mass is 32.1. The molecule has 9 heteroatoms. The number of fused-ring (bicyclic) bond motifs is 3. The van der Waals surface area contributed by atoms with Crippen molar-refractivity contribution >= 4 is 38.9 Å². The van der Waals surface area contributed by atoms with Crippen molar-refractivity contribution in [2.75, 3.05) is 11.9 Å². The normalized spacial score (nSPS) is 12.8. The molecule has 190 valence electrons. The summed E-state index contributed by atoms with van der Waals surface area (Å²) in [7, 11) is 0. The average molecular weight is 518 g/mol. The molecule has 37 heavy (non-hydrogen) atoms. The number of hydrogen-bond donors (Lipinski definition) is 1. The van der Waals surface area contributed by atoms with Crippen molar-refractivity contribution in [1.29, 1.82) is 0 Å². The van der Waals surface area contributed by atoms with E-state index in [4.69, 9.17) is 4.74 Å². The summed E-state index contributed by atoms with van der Waals surface area (Å²) in [5.41, 5.74) is 1.55. The van der Waals surface area contributed by atoms with Gasteiger partial charge in [0.2, 0.25) is 5.91 Å². The first-order valence-electron chi connectivity index (χ1n) is 12.3. The van der Waals surface area contributed by atoms with Crippen molar-refractivity contribution in [3.05, 3.63) is 85.4 Å². The lowest BCUT2D eigenvalue weighted by Gasteiger charge is -2.14. The Morgan fingerprint density at radius 3 is 2.38 bits per heavy atom. The second-order valence-electron chi connectivity index (χ2n) is 9.01. The minimum absolute atomic E-state index is 0.0648. The number of thiophene rings is 1. The van der Waals surface area contributed by atoms with Crippen LogP contribution in [0.2, 0.25) is 0 Å². The average Bonchev–Trinajstić information content (AvgIpc) is 3.28. The third-order valence-electron chi connectivity index (χ3n) is 6.52. The van der Waals surface area contributed by atoms with Crippen LogP contribution < -0.4 is 21.3 Å². The van der Waals surface area contributed by atoms with Gasteiger partial charge < -0.3 is 10.1 Å². The lowest BCUT2D eigenvalue weighted by atomic mass is 9.97. The second-order valence-corrected chi connectivity index (χ2v) is 10.1. The summed E-state index contributed by atoms with van der Waals surface area (Å²) in [6.07, 6.45) is 3.66. The maximum Gasteiger partial charge on any atom is 0.337 e. The van der Waals surface area contributed by atoms with Gasteiger partial charge in [0.1, 0.15) is 17.1 Å². The van der Waals surface area contributed by atoms with Crippen LogP contribution in [0.25, 0.3) is 15.9 Å². The van der Waals surface area contributed by atoms with E-state index in [1.165, 1.54) is 22.8 Å². The number of carbonyl (C=O) groups is 2. The summed E-state index contributed by atoms with van der Waals surface area (Å²) in [6.45, 7) is 3.62. The first-order chi connectivity index (χ1) is 17.9. The van der Waals surface area contributed by atoms with Gasteiger partial charge in [0, 0.05) is 16.1 Å². The standard InChI is InChI=1S/C28H27N3O5S/c1-3-36-21-14-12-20(13-15-21)31-26(34)25-22-6-4-5-7-23(22)37-27(25)30(28(31)35)16-24(33)29-19-10-8-18(9-11-19)17(2)32/h8-15H,3-7,16H2,1-2H3,(H,29,33). The smallest absolute Gasteiger partial charge is 0.337 e. The van der Waals surface area contributed by atoms with E-state index >= 15 is 0 Å². The van der Waals surface area contributed by atoms with E-state index in [0.717, 1.165) is 40.7 Å². The van der Waals surface area contributed by atoms with Gasteiger partial charge in [0.25, 0.3) is 5.56 Å². The monoisotopic (exact) mass is 517 g/mol. The van der Waals surface area contributed by atoms with Gasteiger partial charge in [-0.05, 0) is 93.6 Å². The maximum absolute atomic E-state index is 13.7. The molecule has 0 saturated carbocycles. The number of Topliss-reactive ketones (excluding diaryl/α,β-unsaturated/α-hetero) is 1. The molecule has 0 bridgehead atoms. The topological polar surface area (TPSA) is 99.4 Å². The van der Waals surface area contributed by atoms with E-state index < -0.39 is 11.6 Å². The lowest BCUT2D eigenvalue weighted by Crippen LogP contribution is -2.40. The summed E-state index contributed by atoms with van der Waals surface area (Å²) in [5.74, 6) is 0.177. The Kier molecular flexibility index (Phi) is 6.80. The molecule has 8 nitrogen and oxygen atoms in total. The molecule has 0 radical (unpaired) electrons.